The smallest absolute Gasteiger partial charge is 0.220 e. The summed E-state index contributed by atoms with van der Waals surface area (Å²) in [7, 11) is 0. The molecule has 1 atom stereocenters. The van der Waals surface area contributed by atoms with Gasteiger partial charge in [-0.05, 0) is 37.1 Å². The van der Waals surface area contributed by atoms with Crippen molar-refractivity contribution in [3.8, 4) is 16.9 Å². The van der Waals surface area contributed by atoms with Crippen LogP contribution in [0.15, 0.2) is 36.5 Å². The van der Waals surface area contributed by atoms with E-state index in [-0.39, 0.29) is 24.1 Å². The van der Waals surface area contributed by atoms with Gasteiger partial charge in [0.15, 0.2) is 5.78 Å². The van der Waals surface area contributed by atoms with Crippen LogP contribution in [0.3, 0.4) is 0 Å². The first-order valence-corrected chi connectivity index (χ1v) is 12.1. The highest BCUT2D eigenvalue weighted by molar-refractivity contribution is 6.00. The molecule has 8 nitrogen and oxygen atoms in total. The van der Waals surface area contributed by atoms with Gasteiger partial charge in [0.2, 0.25) is 11.9 Å². The van der Waals surface area contributed by atoms with Gasteiger partial charge in [-0.15, -0.1) is 0 Å². The molecule has 0 spiro atoms. The van der Waals surface area contributed by atoms with E-state index in [2.05, 4.69) is 25.2 Å². The molecule has 9 heteroatoms. The van der Waals surface area contributed by atoms with E-state index in [1.54, 1.807) is 19.1 Å². The minimum Gasteiger partial charge on any atom is -0.492 e. The molecule has 1 aliphatic carbocycles. The molecule has 1 unspecified atom stereocenters. The van der Waals surface area contributed by atoms with E-state index < -0.39 is 5.95 Å². The number of pyridine rings is 1. The molecule has 1 aliphatic heterocycles. The predicted molar refractivity (Wildman–Crippen MR) is 130 cm³/mol. The van der Waals surface area contributed by atoms with Crippen LogP contribution in [0.5, 0.6) is 5.75 Å². The van der Waals surface area contributed by atoms with Gasteiger partial charge in [-0.25, -0.2) is 15.0 Å². The molecule has 5 rings (SSSR count). The van der Waals surface area contributed by atoms with Crippen molar-refractivity contribution in [2.75, 3.05) is 45.1 Å². The Morgan fingerprint density at radius 3 is 2.74 bits per heavy atom. The van der Waals surface area contributed by atoms with Gasteiger partial charge in [-0.3, -0.25) is 9.69 Å². The van der Waals surface area contributed by atoms with Crippen molar-refractivity contribution >= 4 is 11.7 Å². The number of rotatable bonds is 6. The second kappa shape index (κ2) is 10.1. The number of benzene rings is 1. The topological polar surface area (TPSA) is 111 Å². The van der Waals surface area contributed by atoms with Crippen molar-refractivity contribution in [1.29, 1.82) is 0 Å². The Morgan fingerprint density at radius 2 is 1.94 bits per heavy atom. The number of ketones is 1. The normalized spacial score (nSPS) is 18.3. The van der Waals surface area contributed by atoms with Gasteiger partial charge < -0.3 is 15.8 Å². The Morgan fingerprint density at radius 1 is 1.14 bits per heavy atom. The average molecular weight is 478 g/mol. The number of nitrogen functional groups attached to an aromatic ring is 1. The Balaban J connectivity index is 1.52. The maximum atomic E-state index is 14.8. The first kappa shape index (κ1) is 23.3. The second-order valence-corrected chi connectivity index (χ2v) is 9.13. The summed E-state index contributed by atoms with van der Waals surface area (Å²) in [5.41, 5.74) is 9.54. The van der Waals surface area contributed by atoms with E-state index in [4.69, 9.17) is 10.5 Å². The lowest BCUT2D eigenvalue weighted by Gasteiger charge is -2.28. The molecule has 0 saturated carbocycles. The summed E-state index contributed by atoms with van der Waals surface area (Å²) in [5, 5.41) is 2.32. The molecule has 0 bridgehead atoms. The van der Waals surface area contributed by atoms with Gasteiger partial charge in [-0.1, -0.05) is 12.1 Å². The lowest BCUT2D eigenvalue weighted by molar-refractivity contribution is -0.663. The average Bonchev–Trinajstić information content (AvgIpc) is 2.84. The van der Waals surface area contributed by atoms with Crippen LogP contribution in [0.1, 0.15) is 39.6 Å². The third-order valence-corrected chi connectivity index (χ3v) is 6.82. The number of hydrogen-bond acceptors (Lipinski definition) is 7. The van der Waals surface area contributed by atoms with Crippen molar-refractivity contribution in [1.82, 2.24) is 19.9 Å². The van der Waals surface area contributed by atoms with Crippen LogP contribution in [0, 0.1) is 12.9 Å². The molecule has 2 aliphatic rings. The number of aryl methyl sites for hydroxylation is 1. The zero-order chi connectivity index (χ0) is 24.4. The van der Waals surface area contributed by atoms with Gasteiger partial charge in [-0.2, -0.15) is 4.39 Å². The van der Waals surface area contributed by atoms with Crippen molar-refractivity contribution in [3.05, 3.63) is 65.0 Å². The molecule has 1 aromatic carbocycles. The van der Waals surface area contributed by atoms with Crippen LogP contribution < -0.4 is 15.8 Å². The molecule has 2 aromatic heterocycles. The molecule has 35 heavy (non-hydrogen) atoms. The van der Waals surface area contributed by atoms with Crippen LogP contribution in [-0.4, -0.2) is 65.0 Å². The fourth-order valence-electron chi connectivity index (χ4n) is 5.23. The molecule has 1 saturated heterocycles. The van der Waals surface area contributed by atoms with E-state index in [9.17, 15) is 9.18 Å². The SMILES string of the molecule is Cc1nc(N)nc2c1C(=O)CC(c1c(OCCN3CC[NH2+]CC3)cccc1-c1cccnc1F)C2. The third kappa shape index (κ3) is 4.87. The molecule has 4 N–H and O–H groups in total. The summed E-state index contributed by atoms with van der Waals surface area (Å²) in [4.78, 5) is 28.0. The number of aromatic nitrogens is 3. The van der Waals surface area contributed by atoms with Gasteiger partial charge in [0.1, 0.15) is 12.4 Å². The summed E-state index contributed by atoms with van der Waals surface area (Å²) in [6, 6.07) is 9.04. The van der Waals surface area contributed by atoms with Gasteiger partial charge in [0.25, 0.3) is 0 Å². The number of ether oxygens (including phenoxy) is 1. The Kier molecular flexibility index (Phi) is 6.70. The Bertz CT molecular complexity index is 1240. The van der Waals surface area contributed by atoms with Crippen molar-refractivity contribution in [2.24, 2.45) is 0 Å². The molecular weight excluding hydrogens is 447 g/mol. The Labute approximate surface area is 203 Å². The standard InChI is InChI=1S/C26H29FN6O2/c1-16-23-20(32-26(28)31-16)14-17(15-21(23)34)24-18(19-5-3-7-30-25(19)27)4-2-6-22(24)35-13-12-33-10-8-29-9-11-33/h2-7,17,29H,8-15H2,1H3,(H2,28,31,32)/p+1. The second-order valence-electron chi connectivity index (χ2n) is 9.13. The van der Waals surface area contributed by atoms with E-state index in [0.717, 1.165) is 38.3 Å². The number of hydrogen-bond donors (Lipinski definition) is 2. The minimum absolute atomic E-state index is 0.0364. The summed E-state index contributed by atoms with van der Waals surface area (Å²) in [6.07, 6.45) is 2.18. The molecular formula is C26H30FN6O2+. The minimum atomic E-state index is -0.555. The molecule has 0 amide bonds. The van der Waals surface area contributed by atoms with Crippen LogP contribution in [0.2, 0.25) is 0 Å². The summed E-state index contributed by atoms with van der Waals surface area (Å²) in [6.45, 7) is 7.35. The van der Waals surface area contributed by atoms with Gasteiger partial charge in [0, 0.05) is 49.3 Å². The van der Waals surface area contributed by atoms with Crippen LogP contribution in [0.25, 0.3) is 11.1 Å². The molecule has 182 valence electrons. The molecule has 3 heterocycles. The number of quaternary nitrogens is 1. The molecule has 3 aromatic rings. The maximum absolute atomic E-state index is 14.8. The number of piperazine rings is 1. The van der Waals surface area contributed by atoms with Crippen LogP contribution in [-0.2, 0) is 6.42 Å². The van der Waals surface area contributed by atoms with Crippen molar-refractivity contribution in [3.63, 3.8) is 0 Å². The number of carbonyl (C=O) groups excluding carboxylic acids is 1. The van der Waals surface area contributed by atoms with Crippen molar-refractivity contribution < 1.29 is 19.2 Å². The lowest BCUT2D eigenvalue weighted by Crippen LogP contribution is -2.89. The summed E-state index contributed by atoms with van der Waals surface area (Å²) >= 11 is 0. The highest BCUT2D eigenvalue weighted by atomic mass is 19.1. The number of anilines is 1. The zero-order valence-corrected chi connectivity index (χ0v) is 19.8. The number of nitrogens with zero attached hydrogens (tertiary/aromatic N) is 4. The quantitative estimate of drug-likeness (QED) is 0.520. The van der Waals surface area contributed by atoms with E-state index in [1.807, 2.05) is 18.2 Å². The van der Waals surface area contributed by atoms with Gasteiger partial charge >= 0.3 is 0 Å². The monoisotopic (exact) mass is 477 g/mol. The lowest BCUT2D eigenvalue weighted by atomic mass is 9.78. The zero-order valence-electron chi connectivity index (χ0n) is 19.8. The van der Waals surface area contributed by atoms with Crippen LogP contribution in [0.4, 0.5) is 10.3 Å². The fourth-order valence-corrected chi connectivity index (χ4v) is 5.23. The summed E-state index contributed by atoms with van der Waals surface area (Å²) in [5.74, 6) is -0.0175. The largest absolute Gasteiger partial charge is 0.492 e. The predicted octanol–water partition coefficient (Wildman–Crippen LogP) is 1.74. The summed E-state index contributed by atoms with van der Waals surface area (Å²) < 4.78 is 21.1. The Hall–Kier alpha value is -3.43. The maximum Gasteiger partial charge on any atom is 0.220 e. The van der Waals surface area contributed by atoms with Gasteiger partial charge in [0.05, 0.1) is 30.0 Å². The van der Waals surface area contributed by atoms with E-state index in [0.29, 0.717) is 46.9 Å². The van der Waals surface area contributed by atoms with Crippen LogP contribution >= 0.6 is 0 Å². The van der Waals surface area contributed by atoms with E-state index in [1.165, 1.54) is 6.20 Å². The number of carbonyl (C=O) groups is 1. The first-order valence-electron chi connectivity index (χ1n) is 12.1. The number of halogens is 1. The fraction of sp³-hybridized carbons (Fsp3) is 0.385. The number of nitrogens with two attached hydrogens (primary N) is 2. The van der Waals surface area contributed by atoms with E-state index >= 15 is 0 Å². The third-order valence-electron chi connectivity index (χ3n) is 6.82. The number of Topliss-reactive ketones (excluding diaryl/α,β-unsaturated/α-hetero) is 1. The number of fused-ring (bicyclic) bond motifs is 1. The molecule has 0 radical (unpaired) electrons. The van der Waals surface area contributed by atoms with Crippen molar-refractivity contribution in [2.45, 2.75) is 25.7 Å². The highest BCUT2D eigenvalue weighted by Crippen LogP contribution is 2.43. The highest BCUT2D eigenvalue weighted by Gasteiger charge is 2.33. The molecule has 1 fully saturated rings. The first-order chi connectivity index (χ1) is 17.0.